The van der Waals surface area contributed by atoms with Gasteiger partial charge in [0.05, 0.1) is 38.6 Å². The molecule has 0 saturated heterocycles. The summed E-state index contributed by atoms with van der Waals surface area (Å²) in [7, 11) is 4.16. The summed E-state index contributed by atoms with van der Waals surface area (Å²) in [5.74, 6) is 0.240. The van der Waals surface area contributed by atoms with Crippen molar-refractivity contribution in [3.05, 3.63) is 0 Å². The Kier molecular flexibility index (Phi) is 2.05. The molecule has 6 saturated carbocycles. The molecule has 0 radical (unpaired) electrons. The highest BCUT2D eigenvalue weighted by molar-refractivity contribution is 5.90. The summed E-state index contributed by atoms with van der Waals surface area (Å²) in [5, 5.41) is 0. The van der Waals surface area contributed by atoms with E-state index in [9.17, 15) is 14.4 Å². The van der Waals surface area contributed by atoms with E-state index in [1.807, 2.05) is 0 Å². The lowest BCUT2D eigenvalue weighted by molar-refractivity contribution is -0.516. The van der Waals surface area contributed by atoms with Gasteiger partial charge >= 0.3 is 17.9 Å². The molecule has 10 atom stereocenters. The van der Waals surface area contributed by atoms with Crippen molar-refractivity contribution in [2.45, 2.75) is 0 Å². The van der Waals surface area contributed by atoms with Crippen LogP contribution >= 0.6 is 0 Å². The quantitative estimate of drug-likeness (QED) is 0.544. The van der Waals surface area contributed by atoms with E-state index in [0.29, 0.717) is 17.8 Å². The smallest absolute Gasteiger partial charge is 0.312 e. The van der Waals surface area contributed by atoms with E-state index in [1.54, 1.807) is 0 Å². The van der Waals surface area contributed by atoms with E-state index >= 15 is 0 Å². The Hall–Kier alpha value is -1.59. The second kappa shape index (κ2) is 3.49. The van der Waals surface area contributed by atoms with Crippen LogP contribution in [0.15, 0.2) is 0 Å². The van der Waals surface area contributed by atoms with Crippen LogP contribution in [0.1, 0.15) is 0 Å². The summed E-state index contributed by atoms with van der Waals surface area (Å²) < 4.78 is 14.9. The van der Waals surface area contributed by atoms with Gasteiger partial charge in [-0.25, -0.2) is 0 Å². The zero-order valence-corrected chi connectivity index (χ0v) is 12.6. The number of hydrogen-bond acceptors (Lipinski definition) is 6. The van der Waals surface area contributed by atoms with Crippen LogP contribution in [-0.4, -0.2) is 39.2 Å². The normalized spacial score (nSPS) is 57.1. The van der Waals surface area contributed by atoms with E-state index in [-0.39, 0.29) is 47.0 Å². The van der Waals surface area contributed by atoms with Crippen LogP contribution in [0.4, 0.5) is 0 Å². The monoisotopic (exact) mass is 306 g/mol. The third-order valence-electron chi connectivity index (χ3n) is 7.73. The van der Waals surface area contributed by atoms with Gasteiger partial charge in [0, 0.05) is 0 Å². The van der Waals surface area contributed by atoms with Gasteiger partial charge in [0.25, 0.3) is 0 Å². The highest BCUT2D eigenvalue weighted by Gasteiger charge is 3.01. The van der Waals surface area contributed by atoms with Gasteiger partial charge in [-0.2, -0.15) is 0 Å². The Morgan fingerprint density at radius 1 is 0.682 bits per heavy atom. The zero-order chi connectivity index (χ0) is 15.5. The average molecular weight is 306 g/mol. The predicted octanol–water partition coefficient (Wildman–Crippen LogP) is 0.106. The Morgan fingerprint density at radius 3 is 1.59 bits per heavy atom. The lowest BCUT2D eigenvalue weighted by Crippen LogP contribution is -3.00. The molecule has 6 heteroatoms. The Balaban J connectivity index is 1.55. The number of carbonyl (C=O) groups excluding carboxylic acids is 3. The molecule has 118 valence electrons. The highest BCUT2D eigenvalue weighted by atomic mass is 16.5. The molecule has 0 aromatic carbocycles. The van der Waals surface area contributed by atoms with Gasteiger partial charge in [0.2, 0.25) is 0 Å². The lowest BCUT2D eigenvalue weighted by atomic mass is 9.04. The van der Waals surface area contributed by atoms with E-state index in [4.69, 9.17) is 14.2 Å². The fraction of sp³-hybridized carbons (Fsp3) is 0.812. The predicted molar refractivity (Wildman–Crippen MR) is 69.9 cm³/mol. The van der Waals surface area contributed by atoms with Crippen LogP contribution in [0.3, 0.4) is 0 Å². The third-order valence-corrected chi connectivity index (χ3v) is 7.73. The Morgan fingerprint density at radius 2 is 1.14 bits per heavy atom. The fourth-order valence-corrected chi connectivity index (χ4v) is 7.60. The first-order valence-electron chi connectivity index (χ1n) is 7.81. The van der Waals surface area contributed by atoms with Gasteiger partial charge in [0.15, 0.2) is 0 Å². The number of carbonyl (C=O) groups is 3. The second-order valence-corrected chi connectivity index (χ2v) is 7.41. The molecule has 0 aliphatic heterocycles. The maximum absolute atomic E-state index is 12.3. The van der Waals surface area contributed by atoms with Crippen molar-refractivity contribution in [3.63, 3.8) is 0 Å². The first-order valence-corrected chi connectivity index (χ1v) is 7.81. The standard InChI is InChI=1S/C16H18O6/c1-20-13(17)5-4-7-10-8(4)12-9(6(5)14(18)21-2)11(7)16(10,12)15(19)22-3/h4-12H,1-3H3/t4?,5-,6-,7+,8+,9?,10?,11-,12+,16?/m0/s1. The van der Waals surface area contributed by atoms with Gasteiger partial charge in [-0.05, 0) is 41.4 Å². The molecule has 22 heavy (non-hydrogen) atoms. The molecule has 6 fully saturated rings. The summed E-state index contributed by atoms with van der Waals surface area (Å²) >= 11 is 0. The van der Waals surface area contributed by atoms with Crippen molar-refractivity contribution in [1.82, 2.24) is 0 Å². The van der Waals surface area contributed by atoms with Crippen LogP contribution in [0.2, 0.25) is 0 Å². The maximum atomic E-state index is 12.3. The van der Waals surface area contributed by atoms with Crippen molar-refractivity contribution in [3.8, 4) is 0 Å². The molecule has 0 amide bonds. The number of ether oxygens (including phenoxy) is 3. The number of esters is 3. The van der Waals surface area contributed by atoms with Crippen molar-refractivity contribution in [2.75, 3.05) is 21.3 Å². The van der Waals surface area contributed by atoms with Crippen LogP contribution in [-0.2, 0) is 28.6 Å². The molecular weight excluding hydrogens is 288 g/mol. The van der Waals surface area contributed by atoms with Crippen LogP contribution < -0.4 is 0 Å². The van der Waals surface area contributed by atoms with Gasteiger partial charge in [0.1, 0.15) is 0 Å². The van der Waals surface area contributed by atoms with Crippen LogP contribution in [0.25, 0.3) is 0 Å². The molecule has 6 nitrogen and oxygen atoms in total. The summed E-state index contributed by atoms with van der Waals surface area (Å²) in [6.07, 6.45) is 0. The molecule has 0 aromatic rings. The lowest BCUT2D eigenvalue weighted by Gasteiger charge is -2.97. The van der Waals surface area contributed by atoms with Crippen LogP contribution in [0, 0.1) is 58.7 Å². The second-order valence-electron chi connectivity index (χ2n) is 7.41. The van der Waals surface area contributed by atoms with Crippen LogP contribution in [0.5, 0.6) is 0 Å². The van der Waals surface area contributed by atoms with Gasteiger partial charge < -0.3 is 14.2 Å². The molecule has 6 aliphatic carbocycles. The number of fused-ring (bicyclic) bond motifs is 1. The highest BCUT2D eigenvalue weighted by Crippen LogP contribution is 2.98. The molecule has 0 heterocycles. The summed E-state index contributed by atoms with van der Waals surface area (Å²) in [6.45, 7) is 0. The molecule has 0 spiro atoms. The maximum Gasteiger partial charge on any atom is 0.312 e. The van der Waals surface area contributed by atoms with Gasteiger partial charge in [-0.3, -0.25) is 14.4 Å². The Labute approximate surface area is 127 Å². The van der Waals surface area contributed by atoms with Crippen molar-refractivity contribution in [1.29, 1.82) is 0 Å². The first kappa shape index (κ1) is 12.9. The van der Waals surface area contributed by atoms with Crippen molar-refractivity contribution >= 4 is 17.9 Å². The van der Waals surface area contributed by atoms with E-state index in [1.165, 1.54) is 21.3 Å². The Bertz CT molecular complexity index is 602. The topological polar surface area (TPSA) is 78.9 Å². The molecule has 6 aliphatic rings. The first-order chi connectivity index (χ1) is 10.6. The third kappa shape index (κ3) is 0.863. The number of rotatable bonds is 3. The minimum atomic E-state index is -0.455. The SMILES string of the molecule is COC(=O)[C@@H]1C2[C@@H]3[C@@H]4C([C@@H]5C4C3(C(=O)OC)[C@@H]25)[C@@H]1C(=O)OC. The number of methoxy groups -OCH3 is 3. The number of hydrogen-bond donors (Lipinski definition) is 0. The average Bonchev–Trinajstić information content (AvgIpc) is 2.52. The minimum Gasteiger partial charge on any atom is -0.469 e. The van der Waals surface area contributed by atoms with E-state index in [2.05, 4.69) is 0 Å². The van der Waals surface area contributed by atoms with Crippen molar-refractivity contribution < 1.29 is 28.6 Å². The summed E-state index contributed by atoms with van der Waals surface area (Å²) in [5.41, 5.74) is -0.335. The molecule has 0 aromatic heterocycles. The molecule has 4 unspecified atom stereocenters. The fourth-order valence-electron chi connectivity index (χ4n) is 7.60. The van der Waals surface area contributed by atoms with Crippen molar-refractivity contribution in [2.24, 2.45) is 58.7 Å². The summed E-state index contributed by atoms with van der Waals surface area (Å²) in [6, 6.07) is 0. The van der Waals surface area contributed by atoms with Gasteiger partial charge in [-0.15, -0.1) is 0 Å². The molecule has 2 bridgehead atoms. The molecule has 6 rings (SSSR count). The van der Waals surface area contributed by atoms with Gasteiger partial charge in [-0.1, -0.05) is 0 Å². The van der Waals surface area contributed by atoms with E-state index in [0.717, 1.165) is 0 Å². The minimum absolute atomic E-state index is 0.0839. The largest absolute Gasteiger partial charge is 0.469 e. The summed E-state index contributed by atoms with van der Waals surface area (Å²) in [4.78, 5) is 36.8. The van der Waals surface area contributed by atoms with E-state index < -0.39 is 11.8 Å². The molecular formula is C16H18O6. The molecule has 0 N–H and O–H groups in total. The zero-order valence-electron chi connectivity index (χ0n) is 12.6.